The lowest BCUT2D eigenvalue weighted by molar-refractivity contribution is 0.158. The molecule has 16 heavy (non-hydrogen) atoms. The first-order valence-corrected chi connectivity index (χ1v) is 6.85. The minimum absolute atomic E-state index is 0.407. The molecule has 0 spiro atoms. The van der Waals surface area contributed by atoms with Crippen molar-refractivity contribution in [2.24, 2.45) is 16.0 Å². The predicted molar refractivity (Wildman–Crippen MR) is 64.7 cm³/mol. The summed E-state index contributed by atoms with van der Waals surface area (Å²) in [6, 6.07) is 0.720. The van der Waals surface area contributed by atoms with Crippen LogP contribution in [0.1, 0.15) is 51.4 Å². The van der Waals surface area contributed by atoms with Gasteiger partial charge in [0.05, 0.1) is 17.5 Å². The Labute approximate surface area is 96.6 Å². The monoisotopic (exact) mass is 217 g/mol. The fourth-order valence-electron chi connectivity index (χ4n) is 3.94. The lowest BCUT2D eigenvalue weighted by Crippen LogP contribution is -2.38. The molecule has 2 aliphatic heterocycles. The molecule has 0 amide bonds. The third-order valence-electron chi connectivity index (χ3n) is 4.73. The zero-order valence-corrected chi connectivity index (χ0v) is 9.73. The van der Waals surface area contributed by atoms with E-state index in [4.69, 9.17) is 10.1 Å². The van der Waals surface area contributed by atoms with E-state index in [1.165, 1.54) is 62.8 Å². The minimum atomic E-state index is 0.407. The van der Waals surface area contributed by atoms with Gasteiger partial charge in [0.25, 0.3) is 0 Å². The van der Waals surface area contributed by atoms with E-state index in [9.17, 15) is 0 Å². The molecule has 4 rings (SSSR count). The maximum Gasteiger partial charge on any atom is 0.138 e. The van der Waals surface area contributed by atoms with Gasteiger partial charge in [0.2, 0.25) is 0 Å². The Balaban J connectivity index is 1.67. The standard InChI is InChI=1S/C13H19N3/c1-2-7-12-9(4-1)8-13-14-10-5-3-6-11(10)15-16(12)13/h9,12-13H,1-8H2. The van der Waals surface area contributed by atoms with Gasteiger partial charge in [-0.2, -0.15) is 5.10 Å². The van der Waals surface area contributed by atoms with Crippen molar-refractivity contribution < 1.29 is 0 Å². The first-order valence-electron chi connectivity index (χ1n) is 6.85. The van der Waals surface area contributed by atoms with Crippen LogP contribution in [-0.4, -0.2) is 28.6 Å². The highest BCUT2D eigenvalue weighted by Crippen LogP contribution is 2.42. The molecule has 1 saturated heterocycles. The molecule has 86 valence electrons. The topological polar surface area (TPSA) is 28.0 Å². The number of fused-ring (bicyclic) bond motifs is 4. The first-order chi connectivity index (χ1) is 7.92. The summed E-state index contributed by atoms with van der Waals surface area (Å²) in [4.78, 5) is 4.94. The van der Waals surface area contributed by atoms with Crippen LogP contribution in [0.5, 0.6) is 0 Å². The van der Waals surface area contributed by atoms with Gasteiger partial charge in [0.15, 0.2) is 0 Å². The van der Waals surface area contributed by atoms with E-state index >= 15 is 0 Å². The number of rotatable bonds is 0. The molecule has 2 heterocycles. The summed E-state index contributed by atoms with van der Waals surface area (Å²) >= 11 is 0. The SMILES string of the molecule is C1CC2=NC3CC4CCCCC4N3N=C2C1. The number of hydrogen-bond acceptors (Lipinski definition) is 3. The van der Waals surface area contributed by atoms with E-state index in [2.05, 4.69) is 5.01 Å². The Morgan fingerprint density at radius 3 is 2.88 bits per heavy atom. The van der Waals surface area contributed by atoms with Crippen molar-refractivity contribution in [3.63, 3.8) is 0 Å². The Bertz CT molecular complexity index is 371. The highest BCUT2D eigenvalue weighted by molar-refractivity contribution is 6.44. The molecular weight excluding hydrogens is 198 g/mol. The lowest BCUT2D eigenvalue weighted by Gasteiger charge is -2.32. The molecule has 2 aliphatic carbocycles. The predicted octanol–water partition coefficient (Wildman–Crippen LogP) is 2.57. The molecule has 3 atom stereocenters. The van der Waals surface area contributed by atoms with E-state index in [0.29, 0.717) is 6.17 Å². The summed E-state index contributed by atoms with van der Waals surface area (Å²) in [6.45, 7) is 0. The van der Waals surface area contributed by atoms with Gasteiger partial charge >= 0.3 is 0 Å². The third-order valence-corrected chi connectivity index (χ3v) is 4.73. The zero-order valence-electron chi connectivity index (χ0n) is 9.73. The van der Waals surface area contributed by atoms with Crippen molar-refractivity contribution >= 4 is 11.4 Å². The van der Waals surface area contributed by atoms with Gasteiger partial charge in [-0.3, -0.25) is 10.0 Å². The molecule has 4 aliphatic rings. The number of nitrogens with zero attached hydrogens (tertiary/aromatic N) is 3. The molecule has 3 fully saturated rings. The largest absolute Gasteiger partial charge is 0.269 e. The maximum atomic E-state index is 4.94. The second kappa shape index (κ2) is 3.31. The summed E-state index contributed by atoms with van der Waals surface area (Å²) in [5.74, 6) is 0.881. The van der Waals surface area contributed by atoms with E-state index in [-0.39, 0.29) is 0 Å². The second-order valence-corrected chi connectivity index (χ2v) is 5.68. The minimum Gasteiger partial charge on any atom is -0.269 e. The normalized spacial score (nSPS) is 41.0. The summed E-state index contributed by atoms with van der Waals surface area (Å²) in [5, 5.41) is 7.28. The van der Waals surface area contributed by atoms with Gasteiger partial charge in [-0.25, -0.2) is 0 Å². The van der Waals surface area contributed by atoms with Gasteiger partial charge < -0.3 is 0 Å². The Kier molecular flexibility index (Phi) is 1.91. The average Bonchev–Trinajstić information content (AvgIpc) is 2.88. The lowest BCUT2D eigenvalue weighted by atomic mass is 9.85. The summed E-state index contributed by atoms with van der Waals surface area (Å²) in [6.07, 6.45) is 10.9. The van der Waals surface area contributed by atoms with Gasteiger partial charge in [0, 0.05) is 0 Å². The molecule has 0 bridgehead atoms. The Morgan fingerprint density at radius 2 is 1.88 bits per heavy atom. The van der Waals surface area contributed by atoms with Crippen LogP contribution in [0.25, 0.3) is 0 Å². The van der Waals surface area contributed by atoms with Crippen LogP contribution in [-0.2, 0) is 0 Å². The number of hydrogen-bond donors (Lipinski definition) is 0. The van der Waals surface area contributed by atoms with Crippen LogP contribution in [0.15, 0.2) is 10.1 Å². The van der Waals surface area contributed by atoms with Crippen molar-refractivity contribution in [3.05, 3.63) is 0 Å². The fraction of sp³-hybridized carbons (Fsp3) is 0.846. The van der Waals surface area contributed by atoms with Gasteiger partial charge in [0.1, 0.15) is 6.17 Å². The quantitative estimate of drug-likeness (QED) is 0.613. The van der Waals surface area contributed by atoms with E-state index in [1.54, 1.807) is 0 Å². The first kappa shape index (κ1) is 9.20. The Hall–Kier alpha value is -0.860. The van der Waals surface area contributed by atoms with Crippen LogP contribution in [0.4, 0.5) is 0 Å². The number of hydrazone groups is 1. The molecule has 3 nitrogen and oxygen atoms in total. The van der Waals surface area contributed by atoms with Crippen LogP contribution < -0.4 is 0 Å². The highest BCUT2D eigenvalue weighted by atomic mass is 15.5. The second-order valence-electron chi connectivity index (χ2n) is 5.68. The zero-order chi connectivity index (χ0) is 10.5. The van der Waals surface area contributed by atoms with Gasteiger partial charge in [-0.05, 0) is 44.4 Å². The van der Waals surface area contributed by atoms with E-state index in [0.717, 1.165) is 12.0 Å². The maximum absolute atomic E-state index is 4.94. The molecule has 0 aromatic carbocycles. The van der Waals surface area contributed by atoms with Crippen LogP contribution in [0.2, 0.25) is 0 Å². The molecule has 0 aromatic rings. The molecule has 0 radical (unpaired) electrons. The summed E-state index contributed by atoms with van der Waals surface area (Å²) in [7, 11) is 0. The third kappa shape index (κ3) is 1.20. The summed E-state index contributed by atoms with van der Waals surface area (Å²) in [5.41, 5.74) is 2.64. The Morgan fingerprint density at radius 1 is 1.00 bits per heavy atom. The molecule has 3 heteroatoms. The highest BCUT2D eigenvalue weighted by Gasteiger charge is 2.44. The summed E-state index contributed by atoms with van der Waals surface area (Å²) < 4.78 is 0. The van der Waals surface area contributed by atoms with Crippen LogP contribution in [0, 0.1) is 5.92 Å². The van der Waals surface area contributed by atoms with E-state index in [1.807, 2.05) is 0 Å². The van der Waals surface area contributed by atoms with E-state index < -0.39 is 0 Å². The molecule has 3 unspecified atom stereocenters. The van der Waals surface area contributed by atoms with Crippen molar-refractivity contribution in [2.45, 2.75) is 63.6 Å². The molecule has 0 aromatic heterocycles. The molecule has 2 saturated carbocycles. The smallest absolute Gasteiger partial charge is 0.138 e. The van der Waals surface area contributed by atoms with Gasteiger partial charge in [-0.15, -0.1) is 0 Å². The van der Waals surface area contributed by atoms with Gasteiger partial charge in [-0.1, -0.05) is 12.8 Å². The fourth-order valence-corrected chi connectivity index (χ4v) is 3.94. The van der Waals surface area contributed by atoms with Crippen molar-refractivity contribution in [3.8, 4) is 0 Å². The van der Waals surface area contributed by atoms with Crippen molar-refractivity contribution in [1.29, 1.82) is 0 Å². The van der Waals surface area contributed by atoms with Crippen molar-refractivity contribution in [1.82, 2.24) is 5.01 Å². The van der Waals surface area contributed by atoms with Crippen LogP contribution >= 0.6 is 0 Å². The number of aliphatic imine (C=N–C) groups is 1. The van der Waals surface area contributed by atoms with Crippen LogP contribution in [0.3, 0.4) is 0 Å². The molecule has 0 N–H and O–H groups in total. The average molecular weight is 217 g/mol. The van der Waals surface area contributed by atoms with Crippen molar-refractivity contribution in [2.75, 3.05) is 0 Å². The molecular formula is C13H19N3.